The molecular weight excluding hydrogens is 1250 g/mol. The highest BCUT2D eigenvalue weighted by Crippen LogP contribution is 2.76. The van der Waals surface area contributed by atoms with Crippen LogP contribution in [-0.4, -0.2) is 304 Å². The summed E-state index contributed by atoms with van der Waals surface area (Å²) in [4.78, 5) is 13.3. The minimum atomic E-state index is -2.09. The van der Waals surface area contributed by atoms with Gasteiger partial charge in [-0.1, -0.05) is 53.2 Å². The number of rotatable bonds is 16. The Bertz CT molecular complexity index is 2640. The van der Waals surface area contributed by atoms with Crippen molar-refractivity contribution < 1.29 is 148 Å². The summed E-state index contributed by atoms with van der Waals surface area (Å²) >= 11 is 0. The van der Waals surface area contributed by atoms with Crippen molar-refractivity contribution in [3.63, 3.8) is 0 Å². The van der Waals surface area contributed by atoms with E-state index in [2.05, 4.69) is 40.7 Å². The first-order valence-corrected chi connectivity index (χ1v) is 33.5. The maximum absolute atomic E-state index is 13.3. The summed E-state index contributed by atoms with van der Waals surface area (Å²) in [5, 5.41) is 188. The normalized spacial score (nSPS) is 55.3. The van der Waals surface area contributed by atoms with Gasteiger partial charge >= 0.3 is 5.97 Å². The van der Waals surface area contributed by atoms with Gasteiger partial charge in [0.15, 0.2) is 37.7 Å². The lowest BCUT2D eigenvalue weighted by Crippen LogP contribution is -2.67. The quantitative estimate of drug-likeness (QED) is 0.0526. The Balaban J connectivity index is 0.761. The Hall–Kier alpha value is -1.91. The van der Waals surface area contributed by atoms with Crippen molar-refractivity contribution >= 4 is 5.97 Å². The standard InChI is InChI=1S/C64H104O30/c1-25-36(68)42(74)46(78)52(86-25)84-22-31-40(72)44(76)51(94-54-47(79)43(75)39(71)30(20-65)88-54)57(89-31)90-32-23-85-53(45(77)41(32)73)92-49-37(69)26(2)87-55(48(49)80)93-50-38(70)29(67)21-83-56(50)91-35-12-13-60(5)33(61(35,6)24-66)11-14-63(8)34(60)10-9-27-28-19-59(3,4)15-17-64(28,58(81)82)18-16-62(27,63)7/h9,25-26,28-57,65-80H,10-24H2,1-8H3,(H,81,82)/t25-,26-,28+,29-,30-,31-,32-,33+,34+,35-,36-,37-,38+,39-,40-,41+,42+,43+,44+,45-,46-,47-,48-,49+,50-,51-,52-,53+,54+,55+,56+,57+,60-,61-,62+,63+,64+/m0/s1. The molecule has 5 aliphatic carbocycles. The monoisotopic (exact) mass is 1350 g/mol. The summed E-state index contributed by atoms with van der Waals surface area (Å²) in [5.41, 5.74) is -1.05. The molecule has 0 bridgehead atoms. The summed E-state index contributed by atoms with van der Waals surface area (Å²) in [5.74, 6) is -0.626. The molecule has 94 heavy (non-hydrogen) atoms. The number of aliphatic hydroxyl groups excluding tert-OH is 16. The number of allylic oxidation sites excluding steroid dienone is 2. The predicted molar refractivity (Wildman–Crippen MR) is 315 cm³/mol. The van der Waals surface area contributed by atoms with Crippen molar-refractivity contribution in [1.29, 1.82) is 0 Å². The summed E-state index contributed by atoms with van der Waals surface area (Å²) in [6.07, 6.45) is -39.6. The molecule has 4 saturated carbocycles. The molecule has 0 aromatic heterocycles. The smallest absolute Gasteiger partial charge is 0.310 e. The summed E-state index contributed by atoms with van der Waals surface area (Å²) < 4.78 is 71.6. The van der Waals surface area contributed by atoms with Crippen LogP contribution in [0.1, 0.15) is 120 Å². The fraction of sp³-hybridized carbons (Fsp3) is 0.953. The van der Waals surface area contributed by atoms with Gasteiger partial charge in [0.2, 0.25) is 0 Å². The van der Waals surface area contributed by atoms with E-state index in [-0.39, 0.29) is 52.6 Å². The number of carbonyl (C=O) groups is 1. The number of carboxylic acid groups (broad SMARTS) is 1. The van der Waals surface area contributed by atoms with Gasteiger partial charge in [0.25, 0.3) is 0 Å². The van der Waals surface area contributed by atoms with Crippen LogP contribution in [0.2, 0.25) is 0 Å². The fourth-order valence-corrected chi connectivity index (χ4v) is 18.8. The minimum absolute atomic E-state index is 0.0110. The van der Waals surface area contributed by atoms with Crippen LogP contribution in [0.3, 0.4) is 0 Å². The van der Waals surface area contributed by atoms with Crippen molar-refractivity contribution in [2.75, 3.05) is 33.0 Å². The molecule has 0 amide bonds. The third-order valence-electron chi connectivity index (χ3n) is 25.0. The molecule has 540 valence electrons. The van der Waals surface area contributed by atoms with Crippen molar-refractivity contribution in [3.05, 3.63) is 11.6 Å². The fourth-order valence-electron chi connectivity index (χ4n) is 18.8. The first-order chi connectivity index (χ1) is 44.1. The van der Waals surface area contributed by atoms with Crippen LogP contribution < -0.4 is 0 Å². The first-order valence-electron chi connectivity index (χ1n) is 33.5. The van der Waals surface area contributed by atoms with Crippen molar-refractivity contribution in [3.8, 4) is 0 Å². The number of carboxylic acids is 1. The average molecular weight is 1350 g/mol. The molecule has 0 radical (unpaired) electrons. The van der Waals surface area contributed by atoms with Crippen LogP contribution in [-0.2, 0) is 61.6 Å². The van der Waals surface area contributed by atoms with Crippen molar-refractivity contribution in [1.82, 2.24) is 0 Å². The van der Waals surface area contributed by atoms with Gasteiger partial charge in [0.05, 0.1) is 56.8 Å². The van der Waals surface area contributed by atoms with Crippen molar-refractivity contribution in [2.24, 2.45) is 50.2 Å². The lowest BCUT2D eigenvalue weighted by atomic mass is 9.33. The van der Waals surface area contributed by atoms with E-state index in [1.807, 2.05) is 6.92 Å². The van der Waals surface area contributed by atoms with Crippen LogP contribution in [0, 0.1) is 50.2 Å². The zero-order valence-electron chi connectivity index (χ0n) is 54.6. The molecule has 6 heterocycles. The van der Waals surface area contributed by atoms with E-state index in [4.69, 9.17) is 56.8 Å². The number of ether oxygens (including phenoxy) is 12. The van der Waals surface area contributed by atoms with Gasteiger partial charge in [0.1, 0.15) is 122 Å². The van der Waals surface area contributed by atoms with Gasteiger partial charge < -0.3 is 144 Å². The van der Waals surface area contributed by atoms with Crippen LogP contribution in [0.15, 0.2) is 11.6 Å². The van der Waals surface area contributed by atoms with Gasteiger partial charge in [-0.3, -0.25) is 4.79 Å². The lowest BCUT2D eigenvalue weighted by molar-refractivity contribution is -0.393. The second-order valence-corrected chi connectivity index (χ2v) is 30.9. The molecule has 0 aromatic rings. The average Bonchev–Trinajstić information content (AvgIpc) is 0.676. The second-order valence-electron chi connectivity index (χ2n) is 30.9. The molecule has 6 saturated heterocycles. The number of aliphatic hydroxyl groups is 16. The molecule has 0 unspecified atom stereocenters. The molecule has 17 N–H and O–H groups in total. The molecule has 0 aromatic carbocycles. The van der Waals surface area contributed by atoms with E-state index in [9.17, 15) is 91.6 Å². The molecule has 10 fully saturated rings. The Morgan fingerprint density at radius 3 is 1.79 bits per heavy atom. The molecule has 30 heteroatoms. The lowest BCUT2D eigenvalue weighted by Gasteiger charge is -2.71. The zero-order chi connectivity index (χ0) is 68.4. The van der Waals surface area contributed by atoms with Crippen molar-refractivity contribution in [2.45, 2.75) is 298 Å². The number of aliphatic carboxylic acids is 1. The SMILES string of the molecule is C[C@@H]1O[C@H](OC[C@@H]2O[C@H](O[C@H]3CO[C@H](O[C@H]4[C@H](O)[C@@H](O[C@@H]5[C@@H](O[C@H]6CC[C@@]7(C)[C@@H](CC[C@]8(C)[C@@H]7CC=C7[C@H]9CC(C)(C)CC[C@@]9(C(=O)O)CC[C@]78C)[C@]6(C)CO)OC[C@H](O)[C@H]5O)O[C@@H](C)[C@@H]4O)[C@@H](O)[C@@H]3O)[C@@H](O[C@H]3O[C@@H](CO)[C@H](O)[C@@H](O)[C@@H]3O)[C@H](O)[C@H]2O)[C@@H](O)[C@H](O)[C@H]1O. The Kier molecular flexibility index (Phi) is 21.4. The van der Waals surface area contributed by atoms with Crippen LogP contribution in [0.25, 0.3) is 0 Å². The van der Waals surface area contributed by atoms with E-state index < -0.39 is 215 Å². The molecule has 11 rings (SSSR count). The summed E-state index contributed by atoms with van der Waals surface area (Å²) in [6.45, 7) is 13.5. The van der Waals surface area contributed by atoms with E-state index in [0.717, 1.165) is 38.5 Å². The molecule has 6 aliphatic heterocycles. The van der Waals surface area contributed by atoms with Gasteiger partial charge in [0, 0.05) is 5.41 Å². The topological polar surface area (TPSA) is 472 Å². The zero-order valence-corrected chi connectivity index (χ0v) is 54.6. The molecule has 11 aliphatic rings. The molecular formula is C64H104O30. The maximum atomic E-state index is 13.3. The number of fused-ring (bicyclic) bond motifs is 7. The summed E-state index contributed by atoms with van der Waals surface area (Å²) in [6, 6.07) is 0. The van der Waals surface area contributed by atoms with Crippen LogP contribution in [0.4, 0.5) is 0 Å². The number of hydrogen-bond donors (Lipinski definition) is 17. The first kappa shape index (κ1) is 73.3. The van der Waals surface area contributed by atoms with Gasteiger partial charge in [-0.25, -0.2) is 0 Å². The van der Waals surface area contributed by atoms with E-state index in [0.29, 0.717) is 25.7 Å². The van der Waals surface area contributed by atoms with Gasteiger partial charge in [-0.05, 0) is 117 Å². The van der Waals surface area contributed by atoms with E-state index in [1.54, 1.807) is 0 Å². The van der Waals surface area contributed by atoms with Crippen LogP contribution >= 0.6 is 0 Å². The highest BCUT2D eigenvalue weighted by atomic mass is 16.8. The predicted octanol–water partition coefficient (Wildman–Crippen LogP) is -3.52. The second kappa shape index (κ2) is 27.5. The molecule has 37 atom stereocenters. The Morgan fingerprint density at radius 1 is 0.521 bits per heavy atom. The number of hydrogen-bond acceptors (Lipinski definition) is 29. The maximum Gasteiger partial charge on any atom is 0.310 e. The largest absolute Gasteiger partial charge is 0.481 e. The summed E-state index contributed by atoms with van der Waals surface area (Å²) in [7, 11) is 0. The van der Waals surface area contributed by atoms with E-state index in [1.165, 1.54) is 19.4 Å². The highest BCUT2D eigenvalue weighted by Gasteiger charge is 2.71. The minimum Gasteiger partial charge on any atom is -0.481 e. The molecule has 30 nitrogen and oxygen atoms in total. The Morgan fingerprint density at radius 2 is 1.11 bits per heavy atom. The third-order valence-corrected chi connectivity index (χ3v) is 25.0. The van der Waals surface area contributed by atoms with Crippen LogP contribution in [0.5, 0.6) is 0 Å². The van der Waals surface area contributed by atoms with Gasteiger partial charge in [-0.15, -0.1) is 0 Å². The third kappa shape index (κ3) is 12.5. The highest BCUT2D eigenvalue weighted by molar-refractivity contribution is 5.76. The van der Waals surface area contributed by atoms with Gasteiger partial charge in [-0.2, -0.15) is 0 Å². The Labute approximate surface area is 545 Å². The molecule has 0 spiro atoms. The van der Waals surface area contributed by atoms with E-state index >= 15 is 0 Å².